The molecule has 0 aliphatic heterocycles. The van der Waals surface area contributed by atoms with Crippen LogP contribution in [0.4, 0.5) is 13.2 Å². The maximum Gasteiger partial charge on any atom is 0.420 e. The van der Waals surface area contributed by atoms with E-state index in [1.807, 2.05) is 0 Å². The number of halogens is 3. The van der Waals surface area contributed by atoms with E-state index in [4.69, 9.17) is 4.74 Å². The fraction of sp³-hybridized carbons (Fsp3) is 0.385. The Kier molecular flexibility index (Phi) is 2.50. The summed E-state index contributed by atoms with van der Waals surface area (Å²) in [5, 5.41) is 0.730. The van der Waals surface area contributed by atoms with Crippen LogP contribution >= 0.6 is 0 Å². The minimum Gasteiger partial charge on any atom is -0.493 e. The van der Waals surface area contributed by atoms with Gasteiger partial charge in [0.2, 0.25) is 0 Å². The highest BCUT2D eigenvalue weighted by Gasteiger charge is 2.35. The molecule has 0 spiro atoms. The Bertz CT molecular complexity index is 569. The first-order chi connectivity index (χ1) is 8.54. The molecule has 1 aromatic carbocycles. The zero-order chi connectivity index (χ0) is 12.8. The maximum atomic E-state index is 12.9. The van der Waals surface area contributed by atoms with Crippen molar-refractivity contribution in [1.29, 1.82) is 0 Å². The third-order valence-corrected chi connectivity index (χ3v) is 3.13. The average Bonchev–Trinajstić information content (AvgIpc) is 3.01. The van der Waals surface area contributed by atoms with Gasteiger partial charge in [-0.3, -0.25) is 0 Å². The molecule has 18 heavy (non-hydrogen) atoms. The second kappa shape index (κ2) is 3.93. The molecule has 1 aliphatic carbocycles. The number of alkyl halides is 3. The van der Waals surface area contributed by atoms with Crippen LogP contribution in [0.1, 0.15) is 18.4 Å². The maximum absolute atomic E-state index is 12.9. The van der Waals surface area contributed by atoms with Gasteiger partial charge in [0, 0.05) is 17.1 Å². The number of fused-ring (bicyclic) bond motifs is 1. The molecule has 0 atom stereocenters. The number of benzene rings is 1. The fourth-order valence-corrected chi connectivity index (χ4v) is 1.91. The van der Waals surface area contributed by atoms with Crippen molar-refractivity contribution in [2.75, 3.05) is 6.61 Å². The molecular weight excluding hydrogens is 243 g/mol. The van der Waals surface area contributed by atoms with Crippen LogP contribution in [0.2, 0.25) is 0 Å². The van der Waals surface area contributed by atoms with Crippen LogP contribution in [0.15, 0.2) is 24.4 Å². The summed E-state index contributed by atoms with van der Waals surface area (Å²) in [7, 11) is 0. The van der Waals surface area contributed by atoms with Gasteiger partial charge in [0.25, 0.3) is 0 Å². The van der Waals surface area contributed by atoms with Gasteiger partial charge in [-0.2, -0.15) is 13.2 Å². The van der Waals surface area contributed by atoms with Crippen molar-refractivity contribution >= 4 is 10.9 Å². The number of nitrogens with one attached hydrogen (secondary N) is 1. The van der Waals surface area contributed by atoms with Gasteiger partial charge >= 0.3 is 6.18 Å². The Morgan fingerprint density at radius 1 is 1.28 bits per heavy atom. The van der Waals surface area contributed by atoms with Crippen molar-refractivity contribution in [3.63, 3.8) is 0 Å². The van der Waals surface area contributed by atoms with Crippen LogP contribution in [0, 0.1) is 5.92 Å². The van der Waals surface area contributed by atoms with Gasteiger partial charge in [0.15, 0.2) is 0 Å². The Morgan fingerprint density at radius 2 is 2.06 bits per heavy atom. The van der Waals surface area contributed by atoms with Crippen LogP contribution in [-0.2, 0) is 6.18 Å². The van der Waals surface area contributed by atoms with Gasteiger partial charge < -0.3 is 9.72 Å². The highest BCUT2D eigenvalue weighted by atomic mass is 19.4. The zero-order valence-corrected chi connectivity index (χ0v) is 9.55. The van der Waals surface area contributed by atoms with E-state index in [1.54, 1.807) is 12.3 Å². The summed E-state index contributed by atoms with van der Waals surface area (Å²) < 4.78 is 44.1. The van der Waals surface area contributed by atoms with Crippen LogP contribution in [0.3, 0.4) is 0 Å². The molecule has 1 N–H and O–H groups in total. The fourth-order valence-electron chi connectivity index (χ4n) is 1.91. The molecule has 0 bridgehead atoms. The van der Waals surface area contributed by atoms with Gasteiger partial charge in [-0.05, 0) is 37.0 Å². The summed E-state index contributed by atoms with van der Waals surface area (Å²) in [6.45, 7) is 0.374. The highest BCUT2D eigenvalue weighted by molar-refractivity contribution is 5.82. The number of hydrogen-bond acceptors (Lipinski definition) is 1. The summed E-state index contributed by atoms with van der Waals surface area (Å²) in [4.78, 5) is 2.78. The molecule has 2 nitrogen and oxygen atoms in total. The molecule has 96 valence electrons. The number of H-pyrrole nitrogens is 1. The Morgan fingerprint density at radius 3 is 2.72 bits per heavy atom. The van der Waals surface area contributed by atoms with Crippen molar-refractivity contribution < 1.29 is 17.9 Å². The predicted octanol–water partition coefficient (Wildman–Crippen LogP) is 3.98. The van der Waals surface area contributed by atoms with Gasteiger partial charge in [0.05, 0.1) is 12.2 Å². The van der Waals surface area contributed by atoms with Gasteiger partial charge in [-0.25, -0.2) is 0 Å². The Hall–Kier alpha value is -1.65. The molecule has 2 aromatic rings. The van der Waals surface area contributed by atoms with Crippen LogP contribution in [-0.4, -0.2) is 11.6 Å². The summed E-state index contributed by atoms with van der Waals surface area (Å²) >= 11 is 0. The Balaban J connectivity index is 2.00. The molecule has 5 heteroatoms. The predicted molar refractivity (Wildman–Crippen MR) is 61.5 cm³/mol. The van der Waals surface area contributed by atoms with E-state index in [2.05, 4.69) is 4.98 Å². The summed E-state index contributed by atoms with van der Waals surface area (Å²) in [5.41, 5.74) is -0.237. The Labute approximate surface area is 102 Å². The van der Waals surface area contributed by atoms with Gasteiger partial charge in [-0.15, -0.1) is 0 Å². The minimum atomic E-state index is -4.39. The van der Waals surface area contributed by atoms with Crippen molar-refractivity contribution in [2.24, 2.45) is 5.92 Å². The molecule has 1 fully saturated rings. The first-order valence-electron chi connectivity index (χ1n) is 5.85. The monoisotopic (exact) mass is 255 g/mol. The SMILES string of the molecule is FC(F)(F)c1cc2[nH]ccc2cc1OCC1CC1. The third-order valence-electron chi connectivity index (χ3n) is 3.13. The first-order valence-corrected chi connectivity index (χ1v) is 5.85. The second-order valence-electron chi connectivity index (χ2n) is 4.67. The van der Waals surface area contributed by atoms with Crippen LogP contribution < -0.4 is 4.74 Å². The zero-order valence-electron chi connectivity index (χ0n) is 9.55. The van der Waals surface area contributed by atoms with E-state index in [1.165, 1.54) is 6.07 Å². The van der Waals surface area contributed by atoms with Crippen molar-refractivity contribution in [3.8, 4) is 5.75 Å². The summed E-state index contributed by atoms with van der Waals surface area (Å²) in [6, 6.07) is 4.30. The van der Waals surface area contributed by atoms with Crippen LogP contribution in [0.5, 0.6) is 5.75 Å². The van der Waals surface area contributed by atoms with E-state index >= 15 is 0 Å². The lowest BCUT2D eigenvalue weighted by Crippen LogP contribution is -2.10. The molecule has 0 saturated heterocycles. The average molecular weight is 255 g/mol. The smallest absolute Gasteiger partial charge is 0.420 e. The van der Waals surface area contributed by atoms with Crippen molar-refractivity contribution in [3.05, 3.63) is 30.0 Å². The largest absolute Gasteiger partial charge is 0.493 e. The number of hydrogen-bond donors (Lipinski definition) is 1. The molecule has 1 aromatic heterocycles. The van der Waals surface area contributed by atoms with Crippen LogP contribution in [0.25, 0.3) is 10.9 Å². The summed E-state index contributed by atoms with van der Waals surface area (Å²) in [5.74, 6) is 0.356. The van der Waals surface area contributed by atoms with Crippen molar-refractivity contribution in [2.45, 2.75) is 19.0 Å². The number of rotatable bonds is 3. The second-order valence-corrected chi connectivity index (χ2v) is 4.67. The topological polar surface area (TPSA) is 25.0 Å². The molecule has 1 heterocycles. The number of ether oxygens (including phenoxy) is 1. The van der Waals surface area contributed by atoms with Gasteiger partial charge in [-0.1, -0.05) is 0 Å². The molecular formula is C13H12F3NO. The molecule has 0 radical (unpaired) electrons. The molecule has 0 amide bonds. The standard InChI is InChI=1S/C13H12F3NO/c14-13(15,16)10-6-11-9(3-4-17-11)5-12(10)18-7-8-1-2-8/h3-6,8,17H,1-2,7H2. The number of aromatic nitrogens is 1. The molecule has 0 unspecified atom stereocenters. The lowest BCUT2D eigenvalue weighted by Gasteiger charge is -2.14. The normalized spacial score (nSPS) is 16.2. The lowest BCUT2D eigenvalue weighted by molar-refractivity contribution is -0.138. The first kappa shape index (κ1) is 11.4. The number of aromatic amines is 1. The van der Waals surface area contributed by atoms with E-state index in [0.717, 1.165) is 24.3 Å². The molecule has 1 saturated carbocycles. The van der Waals surface area contributed by atoms with Gasteiger partial charge in [0.1, 0.15) is 5.75 Å². The van der Waals surface area contributed by atoms with E-state index in [9.17, 15) is 13.2 Å². The summed E-state index contributed by atoms with van der Waals surface area (Å²) in [6.07, 6.45) is -0.671. The van der Waals surface area contributed by atoms with E-state index < -0.39 is 11.7 Å². The van der Waals surface area contributed by atoms with E-state index in [-0.39, 0.29) is 5.75 Å². The third kappa shape index (κ3) is 2.17. The van der Waals surface area contributed by atoms with E-state index in [0.29, 0.717) is 18.0 Å². The molecule has 1 aliphatic rings. The van der Waals surface area contributed by atoms with Crippen molar-refractivity contribution in [1.82, 2.24) is 4.98 Å². The lowest BCUT2D eigenvalue weighted by atomic mass is 10.1. The molecule has 3 rings (SSSR count). The minimum absolute atomic E-state index is 0.0681. The highest BCUT2D eigenvalue weighted by Crippen LogP contribution is 2.39. The quantitative estimate of drug-likeness (QED) is 0.881.